The number of halogens is 1. The summed E-state index contributed by atoms with van der Waals surface area (Å²) in [7, 11) is 0. The Labute approximate surface area is 93.7 Å². The summed E-state index contributed by atoms with van der Waals surface area (Å²) in [6.45, 7) is 2.37. The molecule has 0 spiro atoms. The van der Waals surface area contributed by atoms with Crippen molar-refractivity contribution in [2.24, 2.45) is 0 Å². The minimum absolute atomic E-state index is 0.113. The number of carbonyl (C=O) groups is 1. The fraction of sp³-hybridized carbons (Fsp3) is 0.364. The highest BCUT2D eigenvalue weighted by Crippen LogP contribution is 2.12. The first-order chi connectivity index (χ1) is 7.69. The molecule has 0 unspecified atom stereocenters. The van der Waals surface area contributed by atoms with Crippen molar-refractivity contribution in [3.63, 3.8) is 0 Å². The molecule has 1 aromatic carbocycles. The highest BCUT2D eigenvalue weighted by atomic mass is 19.1. The van der Waals surface area contributed by atoms with Gasteiger partial charge in [-0.3, -0.25) is 0 Å². The predicted molar refractivity (Wildman–Crippen MR) is 59.8 cm³/mol. The number of benzene rings is 1. The molecule has 0 heterocycles. The molecule has 0 aromatic heterocycles. The largest absolute Gasteiger partial charge is 0.395 e. The van der Waals surface area contributed by atoms with E-state index in [2.05, 4.69) is 5.32 Å². The number of aliphatic hydroxyl groups excluding tert-OH is 1. The second-order valence-corrected chi connectivity index (χ2v) is 3.21. The number of para-hydroxylation sites is 1. The zero-order chi connectivity index (χ0) is 12.0. The van der Waals surface area contributed by atoms with E-state index in [0.717, 1.165) is 0 Å². The molecule has 0 aliphatic rings. The third-order valence-corrected chi connectivity index (χ3v) is 2.15. The Balaban J connectivity index is 2.66. The van der Waals surface area contributed by atoms with Gasteiger partial charge in [-0.2, -0.15) is 0 Å². The molecule has 0 fully saturated rings. The number of carbonyl (C=O) groups excluding carboxylic acids is 1. The Bertz CT molecular complexity index is 358. The van der Waals surface area contributed by atoms with Crippen molar-refractivity contribution in [2.45, 2.75) is 6.92 Å². The first-order valence-electron chi connectivity index (χ1n) is 5.10. The van der Waals surface area contributed by atoms with Crippen LogP contribution in [0.25, 0.3) is 0 Å². The van der Waals surface area contributed by atoms with Gasteiger partial charge in [-0.25, -0.2) is 9.18 Å². The third-order valence-electron chi connectivity index (χ3n) is 2.15. The highest BCUT2D eigenvalue weighted by Gasteiger charge is 2.12. The Hall–Kier alpha value is -1.62. The van der Waals surface area contributed by atoms with Gasteiger partial charge in [-0.15, -0.1) is 0 Å². The van der Waals surface area contributed by atoms with Crippen molar-refractivity contribution in [2.75, 3.05) is 25.0 Å². The lowest BCUT2D eigenvalue weighted by atomic mass is 10.3. The van der Waals surface area contributed by atoms with Crippen LogP contribution in [0.2, 0.25) is 0 Å². The van der Waals surface area contributed by atoms with Gasteiger partial charge in [0, 0.05) is 13.1 Å². The summed E-state index contributed by atoms with van der Waals surface area (Å²) in [5, 5.41) is 11.2. The number of anilines is 1. The van der Waals surface area contributed by atoms with E-state index in [4.69, 9.17) is 5.11 Å². The Morgan fingerprint density at radius 1 is 1.50 bits per heavy atom. The molecule has 0 aliphatic carbocycles. The normalized spacial score (nSPS) is 9.94. The van der Waals surface area contributed by atoms with Crippen molar-refractivity contribution < 1.29 is 14.3 Å². The van der Waals surface area contributed by atoms with Gasteiger partial charge in [0.1, 0.15) is 5.82 Å². The number of urea groups is 1. The Morgan fingerprint density at radius 3 is 2.75 bits per heavy atom. The first kappa shape index (κ1) is 12.4. The topological polar surface area (TPSA) is 52.6 Å². The monoisotopic (exact) mass is 226 g/mol. The van der Waals surface area contributed by atoms with Gasteiger partial charge in [-0.1, -0.05) is 12.1 Å². The van der Waals surface area contributed by atoms with Crippen molar-refractivity contribution in [1.29, 1.82) is 0 Å². The molecule has 1 aromatic rings. The van der Waals surface area contributed by atoms with Crippen LogP contribution in [0.1, 0.15) is 6.92 Å². The van der Waals surface area contributed by atoms with E-state index in [0.29, 0.717) is 6.54 Å². The van der Waals surface area contributed by atoms with Gasteiger partial charge in [-0.05, 0) is 19.1 Å². The summed E-state index contributed by atoms with van der Waals surface area (Å²) in [5.41, 5.74) is 0.142. The van der Waals surface area contributed by atoms with Crippen molar-refractivity contribution >= 4 is 11.7 Å². The zero-order valence-corrected chi connectivity index (χ0v) is 9.11. The average molecular weight is 226 g/mol. The summed E-state index contributed by atoms with van der Waals surface area (Å²) < 4.78 is 13.2. The SMILES string of the molecule is CCN(CCO)C(=O)Nc1ccccc1F. The molecule has 5 heteroatoms. The fourth-order valence-corrected chi connectivity index (χ4v) is 1.28. The van der Waals surface area contributed by atoms with E-state index in [1.165, 1.54) is 17.0 Å². The average Bonchev–Trinajstić information content (AvgIpc) is 2.29. The van der Waals surface area contributed by atoms with Gasteiger partial charge < -0.3 is 15.3 Å². The minimum Gasteiger partial charge on any atom is -0.395 e. The summed E-state index contributed by atoms with van der Waals surface area (Å²) in [6.07, 6.45) is 0. The molecular weight excluding hydrogens is 211 g/mol. The molecule has 4 nitrogen and oxygen atoms in total. The number of nitrogens with zero attached hydrogens (tertiary/aromatic N) is 1. The van der Waals surface area contributed by atoms with Gasteiger partial charge >= 0.3 is 6.03 Å². The number of hydrogen-bond acceptors (Lipinski definition) is 2. The molecule has 0 saturated carbocycles. The molecule has 0 saturated heterocycles. The lowest BCUT2D eigenvalue weighted by molar-refractivity contribution is 0.192. The number of likely N-dealkylation sites (N-methyl/N-ethyl adjacent to an activating group) is 1. The smallest absolute Gasteiger partial charge is 0.321 e. The molecule has 88 valence electrons. The van der Waals surface area contributed by atoms with Gasteiger partial charge in [0.15, 0.2) is 0 Å². The lowest BCUT2D eigenvalue weighted by Gasteiger charge is -2.20. The van der Waals surface area contributed by atoms with Gasteiger partial charge in [0.05, 0.1) is 12.3 Å². The van der Waals surface area contributed by atoms with Crippen molar-refractivity contribution in [3.05, 3.63) is 30.1 Å². The summed E-state index contributed by atoms with van der Waals surface area (Å²) in [5.74, 6) is -0.476. The molecule has 16 heavy (non-hydrogen) atoms. The van der Waals surface area contributed by atoms with Crippen LogP contribution < -0.4 is 5.32 Å². The maximum absolute atomic E-state index is 13.2. The van der Waals surface area contributed by atoms with E-state index in [1.807, 2.05) is 0 Å². The van der Waals surface area contributed by atoms with Crippen LogP contribution in [0, 0.1) is 5.82 Å². The number of rotatable bonds is 4. The lowest BCUT2D eigenvalue weighted by Crippen LogP contribution is -2.37. The number of aliphatic hydroxyl groups is 1. The van der Waals surface area contributed by atoms with Crippen LogP contribution in [0.3, 0.4) is 0 Å². The first-order valence-corrected chi connectivity index (χ1v) is 5.10. The molecule has 0 aliphatic heterocycles. The fourth-order valence-electron chi connectivity index (χ4n) is 1.28. The summed E-state index contributed by atoms with van der Waals surface area (Å²) >= 11 is 0. The van der Waals surface area contributed by atoms with Gasteiger partial charge in [0.25, 0.3) is 0 Å². The minimum atomic E-state index is -0.476. The van der Waals surface area contributed by atoms with Gasteiger partial charge in [0.2, 0.25) is 0 Å². The van der Waals surface area contributed by atoms with Crippen LogP contribution in [0.15, 0.2) is 24.3 Å². The molecule has 2 N–H and O–H groups in total. The highest BCUT2D eigenvalue weighted by molar-refractivity contribution is 5.89. The van der Waals surface area contributed by atoms with Crippen LogP contribution in [0.4, 0.5) is 14.9 Å². The summed E-state index contributed by atoms with van der Waals surface area (Å²) in [4.78, 5) is 13.0. The second kappa shape index (κ2) is 6.07. The second-order valence-electron chi connectivity index (χ2n) is 3.21. The quantitative estimate of drug-likeness (QED) is 0.820. The third kappa shape index (κ3) is 3.20. The molecular formula is C11H15FN2O2. The maximum atomic E-state index is 13.2. The number of nitrogens with one attached hydrogen (secondary N) is 1. The van der Waals surface area contributed by atoms with E-state index < -0.39 is 11.8 Å². The number of amides is 2. The zero-order valence-electron chi connectivity index (χ0n) is 9.11. The maximum Gasteiger partial charge on any atom is 0.321 e. The van der Waals surface area contributed by atoms with Crippen LogP contribution in [-0.4, -0.2) is 35.7 Å². The van der Waals surface area contributed by atoms with E-state index in [1.54, 1.807) is 19.1 Å². The van der Waals surface area contributed by atoms with E-state index in [-0.39, 0.29) is 18.8 Å². The predicted octanol–water partition coefficient (Wildman–Crippen LogP) is 1.67. The van der Waals surface area contributed by atoms with Crippen LogP contribution in [0.5, 0.6) is 0 Å². The number of hydrogen-bond donors (Lipinski definition) is 2. The molecule has 0 radical (unpaired) electrons. The van der Waals surface area contributed by atoms with Crippen LogP contribution in [-0.2, 0) is 0 Å². The van der Waals surface area contributed by atoms with E-state index in [9.17, 15) is 9.18 Å². The Morgan fingerprint density at radius 2 is 2.19 bits per heavy atom. The summed E-state index contributed by atoms with van der Waals surface area (Å²) in [6, 6.07) is 5.54. The van der Waals surface area contributed by atoms with Crippen molar-refractivity contribution in [1.82, 2.24) is 4.90 Å². The van der Waals surface area contributed by atoms with E-state index >= 15 is 0 Å². The molecule has 2 amide bonds. The molecule has 0 atom stereocenters. The molecule has 0 bridgehead atoms. The molecule has 1 rings (SSSR count). The van der Waals surface area contributed by atoms with Crippen LogP contribution >= 0.6 is 0 Å². The van der Waals surface area contributed by atoms with Crippen molar-refractivity contribution in [3.8, 4) is 0 Å². The Kier molecular flexibility index (Phi) is 4.72. The standard InChI is InChI=1S/C11H15FN2O2/c1-2-14(7-8-15)11(16)13-10-6-4-3-5-9(10)12/h3-6,15H,2,7-8H2,1H3,(H,13,16).